The maximum absolute atomic E-state index is 12.3. The van der Waals surface area contributed by atoms with Gasteiger partial charge in [0, 0.05) is 0 Å². The molecule has 2 aromatic carbocycles. The zero-order valence-electron chi connectivity index (χ0n) is 11.8. The summed E-state index contributed by atoms with van der Waals surface area (Å²) in [5.41, 5.74) is 0.767. The summed E-state index contributed by atoms with van der Waals surface area (Å²) < 4.78 is 29.7. The van der Waals surface area contributed by atoms with E-state index in [0.29, 0.717) is 0 Å². The van der Waals surface area contributed by atoms with Gasteiger partial charge < -0.3 is 4.18 Å². The van der Waals surface area contributed by atoms with E-state index in [-0.39, 0.29) is 21.8 Å². The summed E-state index contributed by atoms with van der Waals surface area (Å²) >= 11 is 0. The summed E-state index contributed by atoms with van der Waals surface area (Å²) in [7, 11) is -4.13. The number of imide groups is 1. The summed E-state index contributed by atoms with van der Waals surface area (Å²) in [6.45, 7) is 3.59. The van der Waals surface area contributed by atoms with Crippen LogP contribution in [0.5, 0.6) is 5.75 Å². The van der Waals surface area contributed by atoms with Crippen molar-refractivity contribution < 1.29 is 22.2 Å². The van der Waals surface area contributed by atoms with E-state index < -0.39 is 21.9 Å². The second-order valence-electron chi connectivity index (χ2n) is 4.77. The molecule has 1 heterocycles. The predicted molar refractivity (Wildman–Crippen MR) is 82.6 cm³/mol. The molecule has 0 bridgehead atoms. The van der Waals surface area contributed by atoms with Gasteiger partial charge in [0.2, 0.25) is 0 Å². The largest absolute Gasteiger partial charge is 0.378 e. The van der Waals surface area contributed by atoms with Crippen molar-refractivity contribution in [2.75, 3.05) is 0 Å². The van der Waals surface area contributed by atoms with E-state index in [1.165, 1.54) is 30.3 Å². The average molecular weight is 329 g/mol. The third kappa shape index (κ3) is 2.62. The van der Waals surface area contributed by atoms with Gasteiger partial charge in [-0.1, -0.05) is 30.9 Å². The molecular weight excluding hydrogens is 318 g/mol. The quantitative estimate of drug-likeness (QED) is 0.684. The fourth-order valence-electron chi connectivity index (χ4n) is 2.19. The van der Waals surface area contributed by atoms with Gasteiger partial charge >= 0.3 is 10.1 Å². The highest BCUT2D eigenvalue weighted by Crippen LogP contribution is 2.29. The lowest BCUT2D eigenvalue weighted by Gasteiger charge is -2.09. The number of nitrogens with one attached hydrogen (secondary N) is 1. The minimum Gasteiger partial charge on any atom is -0.378 e. The van der Waals surface area contributed by atoms with Crippen LogP contribution in [0.25, 0.3) is 6.08 Å². The highest BCUT2D eigenvalue weighted by atomic mass is 32.2. The summed E-state index contributed by atoms with van der Waals surface area (Å²) in [6, 6.07) is 10.1. The molecule has 0 radical (unpaired) electrons. The van der Waals surface area contributed by atoms with Gasteiger partial charge in [0.25, 0.3) is 11.8 Å². The Hall–Kier alpha value is -2.93. The Morgan fingerprint density at radius 1 is 1.00 bits per heavy atom. The highest BCUT2D eigenvalue weighted by molar-refractivity contribution is 7.87. The molecule has 0 saturated heterocycles. The number of hydrogen-bond donors (Lipinski definition) is 1. The maximum atomic E-state index is 12.3. The van der Waals surface area contributed by atoms with E-state index in [1.807, 2.05) is 0 Å². The van der Waals surface area contributed by atoms with Crippen molar-refractivity contribution >= 4 is 28.0 Å². The number of fused-ring (bicyclic) bond motifs is 1. The molecule has 0 spiro atoms. The minimum atomic E-state index is -4.13. The molecule has 0 fully saturated rings. The third-order valence-corrected chi connectivity index (χ3v) is 4.58. The molecule has 0 atom stereocenters. The zero-order valence-corrected chi connectivity index (χ0v) is 12.6. The average Bonchev–Trinajstić information content (AvgIpc) is 2.83. The Kier molecular flexibility index (Phi) is 3.49. The van der Waals surface area contributed by atoms with Gasteiger partial charge in [-0.2, -0.15) is 8.42 Å². The Bertz CT molecular complexity index is 929. The third-order valence-electron chi connectivity index (χ3n) is 3.33. The van der Waals surface area contributed by atoms with Gasteiger partial charge in [-0.05, 0) is 29.8 Å². The first-order valence-electron chi connectivity index (χ1n) is 6.58. The Morgan fingerprint density at radius 2 is 1.70 bits per heavy atom. The first-order chi connectivity index (χ1) is 10.9. The Morgan fingerprint density at radius 3 is 2.35 bits per heavy atom. The van der Waals surface area contributed by atoms with Crippen LogP contribution in [0.3, 0.4) is 0 Å². The number of rotatable bonds is 4. The lowest BCUT2D eigenvalue weighted by Crippen LogP contribution is -2.20. The van der Waals surface area contributed by atoms with E-state index in [2.05, 4.69) is 11.9 Å². The molecule has 2 amide bonds. The monoisotopic (exact) mass is 329 g/mol. The fourth-order valence-corrected chi connectivity index (χ4v) is 3.13. The van der Waals surface area contributed by atoms with Gasteiger partial charge in [0.1, 0.15) is 4.90 Å². The SMILES string of the molecule is C=Cc1ccc(S(=O)(=O)Oc2cccc3c2C(=O)NC3=O)cc1. The maximum Gasteiger partial charge on any atom is 0.339 e. The number of carbonyl (C=O) groups excluding carboxylic acids is 2. The molecular formula is C16H11NO5S. The van der Waals surface area contributed by atoms with Crippen LogP contribution in [-0.4, -0.2) is 20.2 Å². The molecule has 1 aliphatic heterocycles. The van der Waals surface area contributed by atoms with Crippen LogP contribution in [0, 0.1) is 0 Å². The smallest absolute Gasteiger partial charge is 0.339 e. The van der Waals surface area contributed by atoms with Crippen molar-refractivity contribution in [2.45, 2.75) is 4.90 Å². The zero-order chi connectivity index (χ0) is 16.6. The Balaban J connectivity index is 2.00. The van der Waals surface area contributed by atoms with E-state index in [0.717, 1.165) is 5.56 Å². The summed E-state index contributed by atoms with van der Waals surface area (Å²) in [6.07, 6.45) is 1.58. The van der Waals surface area contributed by atoms with Gasteiger partial charge in [-0.25, -0.2) is 0 Å². The van der Waals surface area contributed by atoms with Gasteiger partial charge in [-0.15, -0.1) is 0 Å². The van der Waals surface area contributed by atoms with Crippen molar-refractivity contribution in [3.63, 3.8) is 0 Å². The normalized spacial score (nSPS) is 13.4. The van der Waals surface area contributed by atoms with Gasteiger partial charge in [0.05, 0.1) is 11.1 Å². The van der Waals surface area contributed by atoms with Crippen molar-refractivity contribution in [1.29, 1.82) is 0 Å². The van der Waals surface area contributed by atoms with Crippen molar-refractivity contribution in [2.24, 2.45) is 0 Å². The second kappa shape index (κ2) is 5.36. The number of carbonyl (C=O) groups is 2. The highest BCUT2D eigenvalue weighted by Gasteiger charge is 2.32. The standard InChI is InChI=1S/C16H11NO5S/c1-2-10-6-8-11(9-7-10)23(20,21)22-13-5-3-4-12-14(13)16(19)17-15(12)18/h2-9H,1H2,(H,17,18,19). The van der Waals surface area contributed by atoms with Crippen LogP contribution < -0.4 is 9.50 Å². The summed E-state index contributed by atoms with van der Waals surface area (Å²) in [4.78, 5) is 23.3. The van der Waals surface area contributed by atoms with Crippen LogP contribution in [0.15, 0.2) is 53.9 Å². The van der Waals surface area contributed by atoms with Gasteiger partial charge in [-0.3, -0.25) is 14.9 Å². The molecule has 0 aromatic heterocycles. The molecule has 6 nitrogen and oxygen atoms in total. The molecule has 3 rings (SSSR count). The summed E-state index contributed by atoms with van der Waals surface area (Å²) in [5, 5.41) is 2.10. The molecule has 116 valence electrons. The van der Waals surface area contributed by atoms with Crippen LogP contribution in [0.2, 0.25) is 0 Å². The van der Waals surface area contributed by atoms with Crippen molar-refractivity contribution in [1.82, 2.24) is 5.32 Å². The number of amides is 2. The van der Waals surface area contributed by atoms with E-state index in [4.69, 9.17) is 4.18 Å². The van der Waals surface area contributed by atoms with Crippen LogP contribution >= 0.6 is 0 Å². The number of benzene rings is 2. The molecule has 0 saturated carbocycles. The second-order valence-corrected chi connectivity index (χ2v) is 6.32. The Labute approximate surface area is 132 Å². The van der Waals surface area contributed by atoms with Gasteiger partial charge in [0.15, 0.2) is 5.75 Å². The van der Waals surface area contributed by atoms with Crippen LogP contribution in [-0.2, 0) is 10.1 Å². The van der Waals surface area contributed by atoms with E-state index >= 15 is 0 Å². The molecule has 2 aromatic rings. The van der Waals surface area contributed by atoms with Crippen LogP contribution in [0.1, 0.15) is 26.3 Å². The molecule has 0 aliphatic carbocycles. The minimum absolute atomic E-state index is 0.0644. The molecule has 1 N–H and O–H groups in total. The van der Waals surface area contributed by atoms with Crippen LogP contribution in [0.4, 0.5) is 0 Å². The molecule has 1 aliphatic rings. The molecule has 23 heavy (non-hydrogen) atoms. The van der Waals surface area contributed by atoms with E-state index in [1.54, 1.807) is 18.2 Å². The van der Waals surface area contributed by atoms with E-state index in [9.17, 15) is 18.0 Å². The van der Waals surface area contributed by atoms with Crippen molar-refractivity contribution in [3.8, 4) is 5.75 Å². The predicted octanol–water partition coefficient (Wildman–Crippen LogP) is 1.98. The summed E-state index contributed by atoms with van der Waals surface area (Å²) in [5.74, 6) is -1.44. The topological polar surface area (TPSA) is 89.5 Å². The lowest BCUT2D eigenvalue weighted by molar-refractivity contribution is 0.0879. The lowest BCUT2D eigenvalue weighted by atomic mass is 10.1. The molecule has 0 unspecified atom stereocenters. The fraction of sp³-hybridized carbons (Fsp3) is 0. The molecule has 7 heteroatoms. The van der Waals surface area contributed by atoms with Crippen molar-refractivity contribution in [3.05, 3.63) is 65.7 Å². The first-order valence-corrected chi connectivity index (χ1v) is 7.99. The number of hydrogen-bond acceptors (Lipinski definition) is 5. The first kappa shape index (κ1) is 15.0.